The number of aliphatic carboxylic acids is 2. The van der Waals surface area contributed by atoms with Crippen LogP contribution in [0, 0.1) is 11.3 Å². The second-order valence-electron chi connectivity index (χ2n) is 15.7. The summed E-state index contributed by atoms with van der Waals surface area (Å²) in [6.45, 7) is 17.1. The van der Waals surface area contributed by atoms with Crippen molar-refractivity contribution in [1.29, 1.82) is 0 Å². The smallest absolute Gasteiger partial charge is 0.336 e. The molecule has 0 spiro atoms. The molecule has 304 valence electrons. The largest absolute Gasteiger partial charge is 0.481 e. The fraction of sp³-hybridized carbons (Fsp3) is 0.652. The Bertz CT molecular complexity index is 1400. The first-order valence-corrected chi connectivity index (χ1v) is 20.8. The van der Waals surface area contributed by atoms with Crippen molar-refractivity contribution >= 4 is 23.8 Å². The number of nitrogens with one attached hydrogen (secondary N) is 2. The van der Waals surface area contributed by atoms with E-state index in [2.05, 4.69) is 36.6 Å². The lowest BCUT2D eigenvalue weighted by Gasteiger charge is -2.42. The lowest BCUT2D eigenvalue weighted by atomic mass is 9.60. The number of amides is 2. The van der Waals surface area contributed by atoms with Crippen molar-refractivity contribution in [2.45, 2.75) is 171 Å². The summed E-state index contributed by atoms with van der Waals surface area (Å²) in [4.78, 5) is 55.3. The molecule has 8 heteroatoms. The number of carboxylic acid groups (broad SMARTS) is 2. The van der Waals surface area contributed by atoms with Crippen LogP contribution in [0.3, 0.4) is 0 Å². The van der Waals surface area contributed by atoms with Crippen LogP contribution in [0.1, 0.15) is 171 Å². The minimum absolute atomic E-state index is 0.00706. The molecule has 0 heterocycles. The molecule has 1 aliphatic rings. The van der Waals surface area contributed by atoms with Crippen LogP contribution in [0.25, 0.3) is 0 Å². The molecular weight excluding hydrogens is 677 g/mol. The Hall–Kier alpha value is -3.68. The summed E-state index contributed by atoms with van der Waals surface area (Å²) in [6.07, 6.45) is 24.7. The number of hydrogen-bond donors (Lipinski definition) is 4. The SMILES string of the molecule is CCCCCCCCNC(=O)C1=CC(C(=O)O)C(C/C=C(\C)CCC=C(C)C)(C(=O)NCCCCCCCC)C(C/C=C(\C)CCC=C(C)C)=C1C(=O)O. The maximum atomic E-state index is 14.8. The average molecular weight is 751 g/mol. The van der Waals surface area contributed by atoms with Crippen molar-refractivity contribution < 1.29 is 29.4 Å². The zero-order valence-corrected chi connectivity index (χ0v) is 35.1. The molecule has 4 N–H and O–H groups in total. The van der Waals surface area contributed by atoms with Gasteiger partial charge in [-0.05, 0) is 98.5 Å². The molecule has 54 heavy (non-hydrogen) atoms. The zero-order valence-electron chi connectivity index (χ0n) is 35.1. The number of hydrogen-bond acceptors (Lipinski definition) is 4. The Morgan fingerprint density at radius 2 is 1.15 bits per heavy atom. The van der Waals surface area contributed by atoms with Gasteiger partial charge >= 0.3 is 11.9 Å². The van der Waals surface area contributed by atoms with E-state index in [-0.39, 0.29) is 29.6 Å². The van der Waals surface area contributed by atoms with Crippen LogP contribution in [0.15, 0.2) is 69.4 Å². The van der Waals surface area contributed by atoms with Gasteiger partial charge in [0, 0.05) is 13.1 Å². The van der Waals surface area contributed by atoms with Gasteiger partial charge in [-0.3, -0.25) is 14.4 Å². The third-order valence-electron chi connectivity index (χ3n) is 10.3. The fourth-order valence-electron chi connectivity index (χ4n) is 7.05. The van der Waals surface area contributed by atoms with Crippen molar-refractivity contribution in [2.24, 2.45) is 11.3 Å². The van der Waals surface area contributed by atoms with Gasteiger partial charge < -0.3 is 20.8 Å². The molecule has 2 atom stereocenters. The number of allylic oxidation sites excluding steroid dienone is 8. The molecular formula is C46H74N2O6. The van der Waals surface area contributed by atoms with Gasteiger partial charge in [0.15, 0.2) is 0 Å². The Morgan fingerprint density at radius 1 is 0.667 bits per heavy atom. The second-order valence-corrected chi connectivity index (χ2v) is 15.7. The maximum Gasteiger partial charge on any atom is 0.336 e. The predicted molar refractivity (Wildman–Crippen MR) is 223 cm³/mol. The van der Waals surface area contributed by atoms with E-state index in [0.29, 0.717) is 19.5 Å². The summed E-state index contributed by atoms with van der Waals surface area (Å²) < 4.78 is 0. The first-order valence-electron chi connectivity index (χ1n) is 20.8. The lowest BCUT2D eigenvalue weighted by molar-refractivity contribution is -0.149. The third kappa shape index (κ3) is 17.2. The van der Waals surface area contributed by atoms with E-state index in [1.54, 1.807) is 0 Å². The van der Waals surface area contributed by atoms with Crippen LogP contribution in [0.2, 0.25) is 0 Å². The highest BCUT2D eigenvalue weighted by atomic mass is 16.4. The normalized spacial score (nSPS) is 17.5. The van der Waals surface area contributed by atoms with Crippen molar-refractivity contribution in [3.63, 3.8) is 0 Å². The lowest BCUT2D eigenvalue weighted by Crippen LogP contribution is -2.52. The predicted octanol–water partition coefficient (Wildman–Crippen LogP) is 11.1. The van der Waals surface area contributed by atoms with E-state index >= 15 is 0 Å². The summed E-state index contributed by atoms with van der Waals surface area (Å²) in [5, 5.41) is 27.7. The van der Waals surface area contributed by atoms with Crippen LogP contribution < -0.4 is 10.6 Å². The highest BCUT2D eigenvalue weighted by Crippen LogP contribution is 2.50. The van der Waals surface area contributed by atoms with E-state index < -0.39 is 35.1 Å². The molecule has 0 aromatic rings. The van der Waals surface area contributed by atoms with Gasteiger partial charge in [-0.1, -0.05) is 131 Å². The second kappa shape index (κ2) is 27.0. The number of carbonyl (C=O) groups is 4. The molecule has 2 amide bonds. The topological polar surface area (TPSA) is 133 Å². The monoisotopic (exact) mass is 751 g/mol. The quantitative estimate of drug-likeness (QED) is 0.0465. The van der Waals surface area contributed by atoms with Crippen LogP contribution in [-0.4, -0.2) is 47.1 Å². The average Bonchev–Trinajstić information content (AvgIpc) is 3.11. The summed E-state index contributed by atoms with van der Waals surface area (Å²) in [5.74, 6) is -5.21. The van der Waals surface area contributed by atoms with Crippen molar-refractivity contribution in [3.8, 4) is 0 Å². The van der Waals surface area contributed by atoms with Crippen molar-refractivity contribution in [2.75, 3.05) is 13.1 Å². The van der Waals surface area contributed by atoms with Gasteiger partial charge in [0.25, 0.3) is 5.91 Å². The van der Waals surface area contributed by atoms with E-state index in [0.717, 1.165) is 107 Å². The minimum Gasteiger partial charge on any atom is -0.481 e. The van der Waals surface area contributed by atoms with E-state index in [4.69, 9.17) is 0 Å². The molecule has 0 saturated heterocycles. The van der Waals surface area contributed by atoms with Gasteiger partial charge in [-0.25, -0.2) is 4.79 Å². The first kappa shape index (κ1) is 48.3. The molecule has 0 radical (unpaired) electrons. The van der Waals surface area contributed by atoms with Crippen LogP contribution >= 0.6 is 0 Å². The highest BCUT2D eigenvalue weighted by molar-refractivity contribution is 6.12. The Labute approximate surface area is 327 Å². The summed E-state index contributed by atoms with van der Waals surface area (Å²) >= 11 is 0. The molecule has 1 aliphatic carbocycles. The van der Waals surface area contributed by atoms with Gasteiger partial charge in [0.2, 0.25) is 5.91 Å². The number of rotatable bonds is 28. The summed E-state index contributed by atoms with van der Waals surface area (Å²) in [5.41, 5.74) is 2.32. The summed E-state index contributed by atoms with van der Waals surface area (Å²) in [7, 11) is 0. The molecule has 0 aliphatic heterocycles. The van der Waals surface area contributed by atoms with Crippen LogP contribution in [-0.2, 0) is 19.2 Å². The van der Waals surface area contributed by atoms with Gasteiger partial charge in [-0.15, -0.1) is 0 Å². The molecule has 0 bridgehead atoms. The molecule has 8 nitrogen and oxygen atoms in total. The fourth-order valence-corrected chi connectivity index (χ4v) is 7.05. The molecule has 1 rings (SSSR count). The van der Waals surface area contributed by atoms with Crippen LogP contribution in [0.4, 0.5) is 0 Å². The molecule has 0 fully saturated rings. The van der Waals surface area contributed by atoms with Crippen molar-refractivity contribution in [1.82, 2.24) is 10.6 Å². The zero-order chi connectivity index (χ0) is 40.5. The van der Waals surface area contributed by atoms with E-state index in [9.17, 15) is 29.4 Å². The minimum atomic E-state index is -1.76. The van der Waals surface area contributed by atoms with Gasteiger partial charge in [-0.2, -0.15) is 0 Å². The highest BCUT2D eigenvalue weighted by Gasteiger charge is 2.55. The molecule has 2 unspecified atom stereocenters. The number of carbonyl (C=O) groups excluding carboxylic acids is 2. The standard InChI is InChI=1S/C46H74N2O6/c1-9-11-13-15-17-19-31-47-42(49)38-33-40(43(50)51)46(30-29-37(8)26-22-24-35(5)6,45(54)48-32-20-18-16-14-12-10-2)39(41(38)44(52)53)28-27-36(7)25-21-23-34(3)4/h23-24,27,29,33,40H,9-22,25-26,28,30-32H2,1-8H3,(H,47,49)(H,48,54)(H,50,51)(H,52,53)/b36-27+,37-29+. The van der Waals surface area contributed by atoms with Crippen LogP contribution in [0.5, 0.6) is 0 Å². The van der Waals surface area contributed by atoms with Gasteiger partial charge in [0.1, 0.15) is 0 Å². The molecule has 0 aromatic heterocycles. The third-order valence-corrected chi connectivity index (χ3v) is 10.3. The Kier molecular flexibility index (Phi) is 24.2. The first-order chi connectivity index (χ1) is 25.7. The van der Waals surface area contributed by atoms with Gasteiger partial charge in [0.05, 0.1) is 22.5 Å². The van der Waals surface area contributed by atoms with E-state index in [1.165, 1.54) is 17.2 Å². The number of unbranched alkanes of at least 4 members (excludes halogenated alkanes) is 10. The summed E-state index contributed by atoms with van der Waals surface area (Å²) in [6, 6.07) is 0. The van der Waals surface area contributed by atoms with E-state index in [1.807, 2.05) is 53.7 Å². The Balaban J connectivity index is 3.88. The maximum absolute atomic E-state index is 14.8. The number of carboxylic acids is 2. The van der Waals surface area contributed by atoms with Crippen molar-refractivity contribution in [3.05, 3.63) is 69.4 Å². The Morgan fingerprint density at radius 3 is 1.63 bits per heavy atom. The molecule has 0 saturated carbocycles. The molecule has 0 aromatic carbocycles.